The summed E-state index contributed by atoms with van der Waals surface area (Å²) in [5.41, 5.74) is 2.69. The van der Waals surface area contributed by atoms with E-state index in [1.54, 1.807) is 0 Å². The molecule has 1 aromatic heterocycles. The molecule has 1 N–H and O–H groups in total. The van der Waals surface area contributed by atoms with Gasteiger partial charge in [-0.1, -0.05) is 11.6 Å². The zero-order valence-electron chi connectivity index (χ0n) is 11.4. The number of piperazine rings is 1. The van der Waals surface area contributed by atoms with Crippen LogP contribution in [0.25, 0.3) is 11.1 Å². The molecule has 0 unspecified atom stereocenters. The molecule has 0 aliphatic carbocycles. The molecular formula is C14H18ClN3O. The van der Waals surface area contributed by atoms with Gasteiger partial charge in [-0.25, -0.2) is 0 Å². The number of nitrogens with zero attached hydrogens (tertiary/aromatic N) is 2. The molecule has 3 rings (SSSR count). The first-order valence-electron chi connectivity index (χ1n) is 6.62. The van der Waals surface area contributed by atoms with Gasteiger partial charge in [-0.15, -0.1) is 0 Å². The molecule has 5 heteroatoms. The second-order valence-electron chi connectivity index (χ2n) is 5.33. The van der Waals surface area contributed by atoms with Crippen molar-refractivity contribution in [1.29, 1.82) is 0 Å². The summed E-state index contributed by atoms with van der Waals surface area (Å²) in [6.07, 6.45) is 0. The number of hydrogen-bond donors (Lipinski definition) is 1. The maximum absolute atomic E-state index is 6.07. The summed E-state index contributed by atoms with van der Waals surface area (Å²) >= 11 is 6.07. The number of halogens is 1. The average Bonchev–Trinajstić information content (AvgIpc) is 2.72. The Morgan fingerprint density at radius 1 is 1.32 bits per heavy atom. The van der Waals surface area contributed by atoms with Gasteiger partial charge in [0.25, 0.3) is 6.01 Å². The summed E-state index contributed by atoms with van der Waals surface area (Å²) in [6.45, 7) is 8.24. The Hall–Kier alpha value is -1.26. The molecule has 0 radical (unpaired) electrons. The van der Waals surface area contributed by atoms with Gasteiger partial charge in [-0.2, -0.15) is 4.98 Å². The van der Waals surface area contributed by atoms with Gasteiger partial charge in [0.1, 0.15) is 5.52 Å². The van der Waals surface area contributed by atoms with Gasteiger partial charge >= 0.3 is 0 Å². The standard InChI is InChI=1S/C14H18ClN3O/c1-8-4-11(15)5-12-13(8)19-14(17-12)18-9(2)6-16-7-10(18)3/h4-5,9-10,16H,6-7H2,1-3H3/t9-,10+. The number of fused-ring (bicyclic) bond motifs is 1. The number of oxazole rings is 1. The third-order valence-corrected chi connectivity index (χ3v) is 3.90. The largest absolute Gasteiger partial charge is 0.423 e. The van der Waals surface area contributed by atoms with Gasteiger partial charge in [0.05, 0.1) is 0 Å². The first kappa shape index (κ1) is 12.8. The van der Waals surface area contributed by atoms with E-state index in [-0.39, 0.29) is 0 Å². The number of hydrogen-bond acceptors (Lipinski definition) is 4. The van der Waals surface area contributed by atoms with E-state index in [1.807, 2.05) is 19.1 Å². The minimum Gasteiger partial charge on any atom is -0.423 e. The van der Waals surface area contributed by atoms with Crippen LogP contribution < -0.4 is 10.2 Å². The highest BCUT2D eigenvalue weighted by molar-refractivity contribution is 6.31. The Morgan fingerprint density at radius 2 is 2.00 bits per heavy atom. The monoisotopic (exact) mass is 279 g/mol. The van der Waals surface area contributed by atoms with Crippen molar-refractivity contribution < 1.29 is 4.42 Å². The van der Waals surface area contributed by atoms with Crippen LogP contribution in [0.15, 0.2) is 16.5 Å². The highest BCUT2D eigenvalue weighted by atomic mass is 35.5. The minimum atomic E-state index is 0.368. The van der Waals surface area contributed by atoms with Crippen LogP contribution in [0.5, 0.6) is 0 Å². The lowest BCUT2D eigenvalue weighted by Gasteiger charge is -2.38. The molecule has 102 valence electrons. The highest BCUT2D eigenvalue weighted by Gasteiger charge is 2.28. The summed E-state index contributed by atoms with van der Waals surface area (Å²) in [6, 6.07) is 5.19. The van der Waals surface area contributed by atoms with E-state index in [0.717, 1.165) is 29.8 Å². The molecule has 1 saturated heterocycles. The summed E-state index contributed by atoms with van der Waals surface area (Å²) in [5.74, 6) is 0. The first-order chi connectivity index (χ1) is 9.06. The van der Waals surface area contributed by atoms with Crippen molar-refractivity contribution in [3.8, 4) is 0 Å². The van der Waals surface area contributed by atoms with Crippen LogP contribution in [-0.4, -0.2) is 30.2 Å². The zero-order chi connectivity index (χ0) is 13.6. The molecule has 2 atom stereocenters. The van der Waals surface area contributed by atoms with Crippen molar-refractivity contribution in [3.63, 3.8) is 0 Å². The number of benzene rings is 1. The van der Waals surface area contributed by atoms with Crippen LogP contribution in [0.4, 0.5) is 6.01 Å². The van der Waals surface area contributed by atoms with Crippen molar-refractivity contribution in [1.82, 2.24) is 10.3 Å². The quantitative estimate of drug-likeness (QED) is 0.871. The van der Waals surface area contributed by atoms with Gasteiger partial charge in [0.2, 0.25) is 0 Å². The summed E-state index contributed by atoms with van der Waals surface area (Å²) in [4.78, 5) is 6.85. The molecule has 2 heterocycles. The third-order valence-electron chi connectivity index (χ3n) is 3.68. The Balaban J connectivity index is 2.07. The van der Waals surface area contributed by atoms with Gasteiger partial charge in [-0.05, 0) is 38.5 Å². The molecule has 1 aliphatic rings. The van der Waals surface area contributed by atoms with Crippen molar-refractivity contribution in [2.75, 3.05) is 18.0 Å². The fourth-order valence-electron chi connectivity index (χ4n) is 2.76. The molecule has 1 aliphatic heterocycles. The number of anilines is 1. The molecule has 19 heavy (non-hydrogen) atoms. The molecule has 1 aromatic carbocycles. The summed E-state index contributed by atoms with van der Waals surface area (Å²) in [7, 11) is 0. The van der Waals surface area contributed by atoms with Crippen LogP contribution in [0.2, 0.25) is 5.02 Å². The SMILES string of the molecule is Cc1cc(Cl)cc2nc(N3[C@H](C)CNC[C@@H]3C)oc12. The molecule has 0 amide bonds. The Morgan fingerprint density at radius 3 is 2.68 bits per heavy atom. The number of aryl methyl sites for hydroxylation is 1. The molecule has 1 fully saturated rings. The lowest BCUT2D eigenvalue weighted by atomic mass is 10.1. The molecule has 0 saturated carbocycles. The van der Waals surface area contributed by atoms with E-state index in [1.165, 1.54) is 0 Å². The van der Waals surface area contributed by atoms with Gasteiger partial charge < -0.3 is 14.6 Å². The van der Waals surface area contributed by atoms with E-state index in [0.29, 0.717) is 23.1 Å². The molecule has 0 spiro atoms. The second-order valence-corrected chi connectivity index (χ2v) is 5.77. The van der Waals surface area contributed by atoms with Crippen molar-refractivity contribution in [2.24, 2.45) is 0 Å². The van der Waals surface area contributed by atoms with Gasteiger partial charge in [0, 0.05) is 30.2 Å². The first-order valence-corrected chi connectivity index (χ1v) is 7.00. The van der Waals surface area contributed by atoms with Crippen LogP contribution in [0, 0.1) is 6.92 Å². The minimum absolute atomic E-state index is 0.368. The highest BCUT2D eigenvalue weighted by Crippen LogP contribution is 2.30. The summed E-state index contributed by atoms with van der Waals surface area (Å²) < 4.78 is 5.96. The van der Waals surface area contributed by atoms with E-state index < -0.39 is 0 Å². The van der Waals surface area contributed by atoms with Crippen LogP contribution in [-0.2, 0) is 0 Å². The number of rotatable bonds is 1. The van der Waals surface area contributed by atoms with E-state index in [4.69, 9.17) is 16.0 Å². The molecule has 2 aromatic rings. The lowest BCUT2D eigenvalue weighted by Crippen LogP contribution is -2.55. The molecule has 0 bridgehead atoms. The van der Waals surface area contributed by atoms with Crippen LogP contribution in [0.1, 0.15) is 19.4 Å². The Kier molecular flexibility index (Phi) is 3.15. The maximum Gasteiger partial charge on any atom is 0.298 e. The summed E-state index contributed by atoms with van der Waals surface area (Å²) in [5, 5.41) is 4.11. The Bertz CT molecular complexity index is 600. The van der Waals surface area contributed by atoms with Crippen molar-refractivity contribution in [3.05, 3.63) is 22.7 Å². The smallest absolute Gasteiger partial charge is 0.298 e. The second kappa shape index (κ2) is 4.69. The van der Waals surface area contributed by atoms with E-state index in [2.05, 4.69) is 29.0 Å². The predicted octanol–water partition coefficient (Wildman–Crippen LogP) is 2.98. The fraction of sp³-hybridized carbons (Fsp3) is 0.500. The normalized spacial score (nSPS) is 24.1. The fourth-order valence-corrected chi connectivity index (χ4v) is 3.03. The van der Waals surface area contributed by atoms with Crippen molar-refractivity contribution in [2.45, 2.75) is 32.9 Å². The predicted molar refractivity (Wildman–Crippen MR) is 78.0 cm³/mol. The van der Waals surface area contributed by atoms with Gasteiger partial charge in [-0.3, -0.25) is 0 Å². The molecular weight excluding hydrogens is 262 g/mol. The zero-order valence-corrected chi connectivity index (χ0v) is 12.2. The number of nitrogens with one attached hydrogen (secondary N) is 1. The third kappa shape index (κ3) is 2.19. The lowest BCUT2D eigenvalue weighted by molar-refractivity contribution is 0.399. The van der Waals surface area contributed by atoms with Crippen LogP contribution in [0.3, 0.4) is 0 Å². The van der Waals surface area contributed by atoms with Crippen LogP contribution >= 0.6 is 11.6 Å². The maximum atomic E-state index is 6.07. The van der Waals surface area contributed by atoms with Gasteiger partial charge in [0.15, 0.2) is 5.58 Å². The topological polar surface area (TPSA) is 41.3 Å². The van der Waals surface area contributed by atoms with E-state index >= 15 is 0 Å². The Labute approximate surface area is 117 Å². The number of aromatic nitrogens is 1. The van der Waals surface area contributed by atoms with Crippen molar-refractivity contribution >= 4 is 28.7 Å². The van der Waals surface area contributed by atoms with E-state index in [9.17, 15) is 0 Å². The average molecular weight is 280 g/mol. The molecule has 4 nitrogen and oxygen atoms in total.